The highest BCUT2D eigenvalue weighted by molar-refractivity contribution is 9.10. The van der Waals surface area contributed by atoms with E-state index in [1.54, 1.807) is 11.1 Å². The van der Waals surface area contributed by atoms with Gasteiger partial charge >= 0.3 is 0 Å². The molecule has 29 heavy (non-hydrogen) atoms. The predicted molar refractivity (Wildman–Crippen MR) is 114 cm³/mol. The Morgan fingerprint density at radius 1 is 1.21 bits per heavy atom. The van der Waals surface area contributed by atoms with Gasteiger partial charge in [-0.15, -0.1) is 0 Å². The lowest BCUT2D eigenvalue weighted by Crippen LogP contribution is -2.38. The van der Waals surface area contributed by atoms with E-state index in [2.05, 4.69) is 31.1 Å². The number of nitrogens with zero attached hydrogens (tertiary/aromatic N) is 3. The second-order valence-corrected chi connectivity index (χ2v) is 8.01. The van der Waals surface area contributed by atoms with Crippen molar-refractivity contribution in [1.82, 2.24) is 10.3 Å². The van der Waals surface area contributed by atoms with Crippen molar-refractivity contribution in [2.24, 2.45) is 5.92 Å². The molecule has 7 nitrogen and oxygen atoms in total. The fraction of sp³-hybridized carbons (Fsp3) is 0.381. The number of hydrogen-bond acceptors (Lipinski definition) is 5. The Labute approximate surface area is 178 Å². The normalized spacial score (nSPS) is 19.5. The molecule has 0 saturated carbocycles. The van der Waals surface area contributed by atoms with Crippen LogP contribution in [0.2, 0.25) is 0 Å². The summed E-state index contributed by atoms with van der Waals surface area (Å²) in [6, 6.07) is 11.4. The van der Waals surface area contributed by atoms with Gasteiger partial charge in [0, 0.05) is 48.8 Å². The van der Waals surface area contributed by atoms with Crippen molar-refractivity contribution in [2.45, 2.75) is 13.0 Å². The quantitative estimate of drug-likeness (QED) is 0.743. The highest BCUT2D eigenvalue weighted by Gasteiger charge is 2.35. The Balaban J connectivity index is 1.40. The summed E-state index contributed by atoms with van der Waals surface area (Å²) < 4.78 is 6.26. The van der Waals surface area contributed by atoms with E-state index in [9.17, 15) is 9.59 Å². The van der Waals surface area contributed by atoms with Gasteiger partial charge in [-0.1, -0.05) is 18.2 Å². The van der Waals surface area contributed by atoms with E-state index in [4.69, 9.17) is 4.74 Å². The number of nitrogens with one attached hydrogen (secondary N) is 1. The summed E-state index contributed by atoms with van der Waals surface area (Å²) in [5, 5.41) is 3.00. The van der Waals surface area contributed by atoms with E-state index in [-0.39, 0.29) is 24.2 Å². The van der Waals surface area contributed by atoms with Gasteiger partial charge in [0.1, 0.15) is 5.82 Å². The first-order chi connectivity index (χ1) is 14.1. The molecule has 1 aromatic carbocycles. The Hall–Kier alpha value is -2.45. The molecular formula is C21H23BrN4O3. The summed E-state index contributed by atoms with van der Waals surface area (Å²) in [4.78, 5) is 33.6. The predicted octanol–water partition coefficient (Wildman–Crippen LogP) is 2.35. The zero-order chi connectivity index (χ0) is 20.2. The van der Waals surface area contributed by atoms with Crippen molar-refractivity contribution in [2.75, 3.05) is 42.6 Å². The number of pyridine rings is 1. The van der Waals surface area contributed by atoms with E-state index in [1.165, 1.54) is 0 Å². The number of ether oxygens (including phenoxy) is 1. The number of aromatic nitrogens is 1. The lowest BCUT2D eigenvalue weighted by Gasteiger charge is -2.29. The molecule has 2 aliphatic heterocycles. The molecule has 1 atom stereocenters. The van der Waals surface area contributed by atoms with E-state index < -0.39 is 0 Å². The molecule has 0 spiro atoms. The first kappa shape index (κ1) is 19.8. The third-order valence-electron chi connectivity index (χ3n) is 5.27. The van der Waals surface area contributed by atoms with Crippen LogP contribution in [0.15, 0.2) is 47.1 Å². The first-order valence-corrected chi connectivity index (χ1v) is 10.5. The van der Waals surface area contributed by atoms with Crippen molar-refractivity contribution < 1.29 is 14.3 Å². The SMILES string of the molecule is O=C(NCc1cccnc1N1CCOCC1)C1CC(=O)N(c2ccccc2Br)C1. The van der Waals surface area contributed by atoms with Gasteiger partial charge in [-0.3, -0.25) is 9.59 Å². The molecule has 1 unspecified atom stereocenters. The van der Waals surface area contributed by atoms with Crippen molar-refractivity contribution in [3.8, 4) is 0 Å². The highest BCUT2D eigenvalue weighted by Crippen LogP contribution is 2.31. The maximum atomic E-state index is 12.8. The van der Waals surface area contributed by atoms with Gasteiger partial charge in [0.05, 0.1) is 24.8 Å². The van der Waals surface area contributed by atoms with Gasteiger partial charge in [0.15, 0.2) is 0 Å². The molecular weight excluding hydrogens is 436 g/mol. The zero-order valence-electron chi connectivity index (χ0n) is 16.0. The highest BCUT2D eigenvalue weighted by atomic mass is 79.9. The summed E-state index contributed by atoms with van der Waals surface area (Å²) in [5.41, 5.74) is 1.77. The standard InChI is InChI=1S/C21H23BrN4O3/c22-17-5-1-2-6-18(17)26-14-16(12-19(26)27)21(28)24-13-15-4-3-7-23-20(15)25-8-10-29-11-9-25/h1-7,16H,8-14H2,(H,24,28). The van der Waals surface area contributed by atoms with Gasteiger partial charge < -0.3 is 19.9 Å². The van der Waals surface area contributed by atoms with Crippen molar-refractivity contribution >= 4 is 39.2 Å². The summed E-state index contributed by atoms with van der Waals surface area (Å²) in [5.74, 6) is 0.378. The number of carbonyl (C=O) groups is 2. The molecule has 1 aromatic heterocycles. The Morgan fingerprint density at radius 2 is 2.00 bits per heavy atom. The summed E-state index contributed by atoms with van der Waals surface area (Å²) in [6.45, 7) is 3.70. The molecule has 4 rings (SSSR count). The molecule has 2 aromatic rings. The van der Waals surface area contributed by atoms with Crippen LogP contribution in [0.3, 0.4) is 0 Å². The van der Waals surface area contributed by atoms with E-state index in [0.717, 1.165) is 34.6 Å². The van der Waals surface area contributed by atoms with Crippen molar-refractivity contribution in [1.29, 1.82) is 0 Å². The zero-order valence-corrected chi connectivity index (χ0v) is 17.6. The molecule has 2 amide bonds. The number of anilines is 2. The molecule has 0 aliphatic carbocycles. The third-order valence-corrected chi connectivity index (χ3v) is 5.94. The van der Waals surface area contributed by atoms with Gasteiger partial charge in [-0.2, -0.15) is 0 Å². The average molecular weight is 459 g/mol. The lowest BCUT2D eigenvalue weighted by molar-refractivity contribution is -0.126. The fourth-order valence-electron chi connectivity index (χ4n) is 3.74. The van der Waals surface area contributed by atoms with Crippen LogP contribution in [-0.4, -0.2) is 49.6 Å². The van der Waals surface area contributed by atoms with Crippen LogP contribution in [0.4, 0.5) is 11.5 Å². The molecule has 2 aliphatic rings. The molecule has 8 heteroatoms. The van der Waals surface area contributed by atoms with Crippen LogP contribution in [0.5, 0.6) is 0 Å². The number of rotatable bonds is 5. The minimum Gasteiger partial charge on any atom is -0.378 e. The minimum absolute atomic E-state index is 0.0348. The smallest absolute Gasteiger partial charge is 0.227 e. The molecule has 0 bridgehead atoms. The Kier molecular flexibility index (Phi) is 6.10. The number of halogens is 1. The largest absolute Gasteiger partial charge is 0.378 e. The van der Waals surface area contributed by atoms with E-state index >= 15 is 0 Å². The van der Waals surface area contributed by atoms with Crippen molar-refractivity contribution in [3.05, 3.63) is 52.6 Å². The van der Waals surface area contributed by atoms with Gasteiger partial charge in [0.25, 0.3) is 0 Å². The Bertz CT molecular complexity index is 901. The maximum Gasteiger partial charge on any atom is 0.227 e. The van der Waals surface area contributed by atoms with E-state index in [1.807, 2.05) is 36.4 Å². The monoisotopic (exact) mass is 458 g/mol. The van der Waals surface area contributed by atoms with Gasteiger partial charge in [0.2, 0.25) is 11.8 Å². The molecule has 0 radical (unpaired) electrons. The number of benzene rings is 1. The van der Waals surface area contributed by atoms with Crippen molar-refractivity contribution in [3.63, 3.8) is 0 Å². The Morgan fingerprint density at radius 3 is 2.79 bits per heavy atom. The second kappa shape index (κ2) is 8.92. The molecule has 3 heterocycles. The number of amides is 2. The van der Waals surface area contributed by atoms with Crippen LogP contribution in [0.25, 0.3) is 0 Å². The summed E-state index contributed by atoms with van der Waals surface area (Å²) in [7, 11) is 0. The first-order valence-electron chi connectivity index (χ1n) is 9.72. The van der Waals surface area contributed by atoms with Crippen LogP contribution in [-0.2, 0) is 20.9 Å². The molecule has 1 N–H and O–H groups in total. The van der Waals surface area contributed by atoms with Crippen LogP contribution in [0.1, 0.15) is 12.0 Å². The van der Waals surface area contributed by atoms with Crippen LogP contribution >= 0.6 is 15.9 Å². The number of morpholine rings is 1. The number of hydrogen-bond donors (Lipinski definition) is 1. The molecule has 2 saturated heterocycles. The number of carbonyl (C=O) groups excluding carboxylic acids is 2. The molecule has 152 valence electrons. The van der Waals surface area contributed by atoms with E-state index in [0.29, 0.717) is 26.3 Å². The summed E-state index contributed by atoms with van der Waals surface area (Å²) >= 11 is 3.48. The van der Waals surface area contributed by atoms with Gasteiger partial charge in [-0.05, 0) is 34.1 Å². The average Bonchev–Trinajstić information content (AvgIpc) is 3.15. The third kappa shape index (κ3) is 4.43. The van der Waals surface area contributed by atoms with Gasteiger partial charge in [-0.25, -0.2) is 4.98 Å². The van der Waals surface area contributed by atoms with Crippen LogP contribution in [0, 0.1) is 5.92 Å². The lowest BCUT2D eigenvalue weighted by atomic mass is 10.1. The molecule has 2 fully saturated rings. The minimum atomic E-state index is -0.363. The maximum absolute atomic E-state index is 12.8. The summed E-state index contributed by atoms with van der Waals surface area (Å²) in [6.07, 6.45) is 1.98. The second-order valence-electron chi connectivity index (χ2n) is 7.16. The fourth-order valence-corrected chi connectivity index (χ4v) is 4.24. The topological polar surface area (TPSA) is 74.8 Å². The van der Waals surface area contributed by atoms with Crippen LogP contribution < -0.4 is 15.1 Å². The number of para-hydroxylation sites is 1.